The number of hydrogen-bond donors (Lipinski definition) is 1. The lowest BCUT2D eigenvalue weighted by atomic mass is 9.98. The van der Waals surface area contributed by atoms with Gasteiger partial charge in [-0.05, 0) is 35.7 Å². The van der Waals surface area contributed by atoms with E-state index in [-0.39, 0.29) is 6.04 Å². The summed E-state index contributed by atoms with van der Waals surface area (Å²) in [7, 11) is 0. The van der Waals surface area contributed by atoms with Crippen LogP contribution in [0.3, 0.4) is 0 Å². The standard InChI is InChI=1S/C15H13BrF3N/c16-13-6-2-4-11(9-13)14(20)8-10-3-1-5-12(7-10)15(17,18)19/h1-7,9,14H,8,20H2. The van der Waals surface area contributed by atoms with Gasteiger partial charge in [0.2, 0.25) is 0 Å². The fourth-order valence-corrected chi connectivity index (χ4v) is 2.40. The lowest BCUT2D eigenvalue weighted by Gasteiger charge is -2.14. The molecule has 2 aromatic rings. The van der Waals surface area contributed by atoms with E-state index in [1.807, 2.05) is 24.3 Å². The van der Waals surface area contributed by atoms with Crippen LogP contribution >= 0.6 is 15.9 Å². The highest BCUT2D eigenvalue weighted by molar-refractivity contribution is 9.10. The van der Waals surface area contributed by atoms with Crippen molar-refractivity contribution in [1.29, 1.82) is 0 Å². The highest BCUT2D eigenvalue weighted by atomic mass is 79.9. The van der Waals surface area contributed by atoms with Crippen LogP contribution in [-0.4, -0.2) is 0 Å². The van der Waals surface area contributed by atoms with E-state index >= 15 is 0 Å². The third kappa shape index (κ3) is 3.84. The molecule has 0 radical (unpaired) electrons. The molecule has 0 aromatic heterocycles. The minimum Gasteiger partial charge on any atom is -0.324 e. The number of hydrogen-bond acceptors (Lipinski definition) is 1. The molecule has 20 heavy (non-hydrogen) atoms. The second-order valence-electron chi connectivity index (χ2n) is 4.56. The zero-order chi connectivity index (χ0) is 14.8. The van der Waals surface area contributed by atoms with Crippen LogP contribution in [0.15, 0.2) is 53.0 Å². The van der Waals surface area contributed by atoms with Gasteiger partial charge < -0.3 is 5.73 Å². The molecule has 0 aliphatic rings. The Morgan fingerprint density at radius 3 is 2.40 bits per heavy atom. The first-order valence-corrected chi connectivity index (χ1v) is 6.83. The molecule has 0 bridgehead atoms. The Hall–Kier alpha value is -1.33. The van der Waals surface area contributed by atoms with E-state index in [0.717, 1.165) is 22.2 Å². The van der Waals surface area contributed by atoms with E-state index in [1.54, 1.807) is 6.07 Å². The molecular weight excluding hydrogens is 331 g/mol. The SMILES string of the molecule is NC(Cc1cccc(C(F)(F)F)c1)c1cccc(Br)c1. The van der Waals surface area contributed by atoms with Crippen molar-refractivity contribution in [2.45, 2.75) is 18.6 Å². The highest BCUT2D eigenvalue weighted by Gasteiger charge is 2.30. The van der Waals surface area contributed by atoms with Crippen LogP contribution < -0.4 is 5.73 Å². The van der Waals surface area contributed by atoms with Gasteiger partial charge in [0.1, 0.15) is 0 Å². The molecule has 0 aliphatic heterocycles. The summed E-state index contributed by atoms with van der Waals surface area (Å²) in [5.74, 6) is 0. The van der Waals surface area contributed by atoms with Crippen molar-refractivity contribution in [3.05, 3.63) is 69.7 Å². The number of benzene rings is 2. The molecule has 0 amide bonds. The van der Waals surface area contributed by atoms with Crippen molar-refractivity contribution in [1.82, 2.24) is 0 Å². The molecule has 2 aromatic carbocycles. The van der Waals surface area contributed by atoms with Crippen LogP contribution in [0.2, 0.25) is 0 Å². The number of halogens is 4. The lowest BCUT2D eigenvalue weighted by Crippen LogP contribution is -2.14. The average Bonchev–Trinajstić information content (AvgIpc) is 2.38. The molecular formula is C15H13BrF3N. The predicted octanol–water partition coefficient (Wildman–Crippen LogP) is 4.71. The molecule has 2 N–H and O–H groups in total. The second kappa shape index (κ2) is 5.97. The normalized spacial score (nSPS) is 13.2. The zero-order valence-electron chi connectivity index (χ0n) is 10.5. The Morgan fingerprint density at radius 2 is 1.75 bits per heavy atom. The first-order chi connectivity index (χ1) is 9.36. The molecule has 0 saturated carbocycles. The predicted molar refractivity (Wildman–Crippen MR) is 76.2 cm³/mol. The highest BCUT2D eigenvalue weighted by Crippen LogP contribution is 2.30. The summed E-state index contributed by atoms with van der Waals surface area (Å²) in [6, 6.07) is 12.4. The van der Waals surface area contributed by atoms with Gasteiger partial charge in [-0.25, -0.2) is 0 Å². The van der Waals surface area contributed by atoms with Crippen LogP contribution in [0.25, 0.3) is 0 Å². The maximum Gasteiger partial charge on any atom is 0.416 e. The molecule has 0 heterocycles. The van der Waals surface area contributed by atoms with Crippen LogP contribution in [0.5, 0.6) is 0 Å². The van der Waals surface area contributed by atoms with Crippen LogP contribution in [0.1, 0.15) is 22.7 Å². The molecule has 2 rings (SSSR count). The first kappa shape index (κ1) is 15.1. The third-order valence-corrected chi connectivity index (χ3v) is 3.48. The van der Waals surface area contributed by atoms with E-state index in [2.05, 4.69) is 15.9 Å². The minimum atomic E-state index is -4.32. The molecule has 1 nitrogen and oxygen atoms in total. The Balaban J connectivity index is 2.18. The smallest absolute Gasteiger partial charge is 0.324 e. The molecule has 106 valence electrons. The molecule has 0 aliphatic carbocycles. The number of alkyl halides is 3. The van der Waals surface area contributed by atoms with Crippen molar-refractivity contribution in [3.8, 4) is 0 Å². The molecule has 0 fully saturated rings. The lowest BCUT2D eigenvalue weighted by molar-refractivity contribution is -0.137. The Kier molecular flexibility index (Phi) is 4.50. The maximum absolute atomic E-state index is 12.6. The Labute approximate surface area is 123 Å². The van der Waals surface area contributed by atoms with E-state index < -0.39 is 11.7 Å². The largest absolute Gasteiger partial charge is 0.416 e. The van der Waals surface area contributed by atoms with Gasteiger partial charge in [0, 0.05) is 10.5 Å². The van der Waals surface area contributed by atoms with Crippen molar-refractivity contribution in [3.63, 3.8) is 0 Å². The summed E-state index contributed by atoms with van der Waals surface area (Å²) in [6.45, 7) is 0. The second-order valence-corrected chi connectivity index (χ2v) is 5.48. The van der Waals surface area contributed by atoms with Gasteiger partial charge in [0.15, 0.2) is 0 Å². The number of rotatable bonds is 3. The van der Waals surface area contributed by atoms with E-state index in [0.29, 0.717) is 12.0 Å². The van der Waals surface area contributed by atoms with E-state index in [9.17, 15) is 13.2 Å². The monoisotopic (exact) mass is 343 g/mol. The van der Waals surface area contributed by atoms with E-state index in [4.69, 9.17) is 5.73 Å². The van der Waals surface area contributed by atoms with Crippen molar-refractivity contribution in [2.24, 2.45) is 5.73 Å². The van der Waals surface area contributed by atoms with Gasteiger partial charge in [0.25, 0.3) is 0 Å². The summed E-state index contributed by atoms with van der Waals surface area (Å²) >= 11 is 3.35. The molecule has 0 spiro atoms. The Morgan fingerprint density at radius 1 is 1.05 bits per heavy atom. The van der Waals surface area contributed by atoms with Gasteiger partial charge in [-0.15, -0.1) is 0 Å². The maximum atomic E-state index is 12.6. The molecule has 5 heteroatoms. The van der Waals surface area contributed by atoms with Crippen molar-refractivity contribution >= 4 is 15.9 Å². The van der Waals surface area contributed by atoms with Crippen LogP contribution in [0, 0.1) is 0 Å². The fourth-order valence-electron chi connectivity index (χ4n) is 1.98. The van der Waals surface area contributed by atoms with Gasteiger partial charge in [-0.3, -0.25) is 0 Å². The summed E-state index contributed by atoms with van der Waals surface area (Å²) in [5.41, 5.74) is 6.87. The van der Waals surface area contributed by atoms with Crippen LogP contribution in [-0.2, 0) is 12.6 Å². The van der Waals surface area contributed by atoms with Crippen molar-refractivity contribution < 1.29 is 13.2 Å². The van der Waals surface area contributed by atoms with Gasteiger partial charge >= 0.3 is 6.18 Å². The number of nitrogens with two attached hydrogens (primary N) is 1. The van der Waals surface area contributed by atoms with Crippen molar-refractivity contribution in [2.75, 3.05) is 0 Å². The third-order valence-electron chi connectivity index (χ3n) is 2.99. The Bertz CT molecular complexity index is 596. The minimum absolute atomic E-state index is 0.337. The summed E-state index contributed by atoms with van der Waals surface area (Å²) in [6.07, 6.45) is -3.96. The zero-order valence-corrected chi connectivity index (χ0v) is 12.1. The van der Waals surface area contributed by atoms with Gasteiger partial charge in [0.05, 0.1) is 5.56 Å². The molecule has 1 atom stereocenters. The van der Waals surface area contributed by atoms with Gasteiger partial charge in [-0.1, -0.05) is 46.3 Å². The molecule has 0 saturated heterocycles. The quantitative estimate of drug-likeness (QED) is 0.857. The summed E-state index contributed by atoms with van der Waals surface area (Å²) < 4.78 is 38.8. The van der Waals surface area contributed by atoms with Crippen LogP contribution in [0.4, 0.5) is 13.2 Å². The summed E-state index contributed by atoms with van der Waals surface area (Å²) in [4.78, 5) is 0. The van der Waals surface area contributed by atoms with E-state index in [1.165, 1.54) is 6.07 Å². The van der Waals surface area contributed by atoms with Gasteiger partial charge in [-0.2, -0.15) is 13.2 Å². The molecule has 1 unspecified atom stereocenters. The first-order valence-electron chi connectivity index (χ1n) is 6.03. The topological polar surface area (TPSA) is 26.0 Å². The fraction of sp³-hybridized carbons (Fsp3) is 0.200. The average molecular weight is 344 g/mol. The summed E-state index contributed by atoms with van der Waals surface area (Å²) in [5, 5.41) is 0.